The Labute approximate surface area is 128 Å². The second kappa shape index (κ2) is 8.46. The fourth-order valence-corrected chi connectivity index (χ4v) is 2.54. The van der Waals surface area contributed by atoms with Gasteiger partial charge in [-0.3, -0.25) is 4.90 Å². The third-order valence-corrected chi connectivity index (χ3v) is 3.55. The van der Waals surface area contributed by atoms with Crippen LogP contribution in [0.25, 0.3) is 0 Å². The second-order valence-electron chi connectivity index (χ2n) is 4.82. The molecular weight excluding hydrogens is 305 g/mol. The maximum atomic E-state index is 13.4. The van der Waals surface area contributed by atoms with E-state index in [1.165, 1.54) is 19.2 Å². The highest BCUT2D eigenvalue weighted by Gasteiger charge is 2.26. The molecule has 0 bridgehead atoms. The Balaban J connectivity index is 0.00000220. The lowest BCUT2D eigenvalue weighted by Crippen LogP contribution is -2.45. The predicted octanol–water partition coefficient (Wildman–Crippen LogP) is 2.86. The van der Waals surface area contributed by atoms with Gasteiger partial charge in [0.1, 0.15) is 0 Å². The van der Waals surface area contributed by atoms with Crippen molar-refractivity contribution in [2.75, 3.05) is 33.3 Å². The largest absolute Gasteiger partial charge is 0.494 e. The first kappa shape index (κ1) is 18.1. The van der Waals surface area contributed by atoms with E-state index in [2.05, 4.69) is 5.32 Å². The lowest BCUT2D eigenvalue weighted by Gasteiger charge is -2.35. The molecule has 1 aliphatic heterocycles. The molecule has 21 heavy (non-hydrogen) atoms. The fraction of sp³-hybridized carbons (Fsp3) is 0.571. The average Bonchev–Trinajstić information content (AvgIpc) is 2.46. The Bertz CT molecular complexity index is 442. The van der Waals surface area contributed by atoms with Crippen LogP contribution in [0.1, 0.15) is 18.0 Å². The van der Waals surface area contributed by atoms with E-state index < -0.39 is 18.3 Å². The number of hydrogen-bond donors (Lipinski definition) is 1. The number of ether oxygens (including phenoxy) is 1. The van der Waals surface area contributed by atoms with Crippen molar-refractivity contribution in [1.29, 1.82) is 0 Å². The van der Waals surface area contributed by atoms with Gasteiger partial charge in [0.2, 0.25) is 6.43 Å². The van der Waals surface area contributed by atoms with Crippen LogP contribution in [0.4, 0.5) is 13.2 Å². The van der Waals surface area contributed by atoms with Gasteiger partial charge in [-0.1, -0.05) is 6.07 Å². The first-order chi connectivity index (χ1) is 9.61. The average molecular weight is 325 g/mol. The van der Waals surface area contributed by atoms with E-state index in [1.807, 2.05) is 4.90 Å². The van der Waals surface area contributed by atoms with Crippen LogP contribution in [-0.2, 0) is 0 Å². The van der Waals surface area contributed by atoms with Crippen molar-refractivity contribution < 1.29 is 17.9 Å². The van der Waals surface area contributed by atoms with Gasteiger partial charge in [0, 0.05) is 38.6 Å². The number of piperazine rings is 1. The lowest BCUT2D eigenvalue weighted by atomic mass is 10.0. The highest BCUT2D eigenvalue weighted by molar-refractivity contribution is 5.85. The molecule has 0 spiro atoms. The molecule has 0 unspecified atom stereocenters. The summed E-state index contributed by atoms with van der Waals surface area (Å²) in [5.41, 5.74) is 0.672. The Morgan fingerprint density at radius 1 is 1.29 bits per heavy atom. The minimum absolute atomic E-state index is 0. The molecule has 1 fully saturated rings. The van der Waals surface area contributed by atoms with Gasteiger partial charge in [-0.2, -0.15) is 0 Å². The monoisotopic (exact) mass is 324 g/mol. The van der Waals surface area contributed by atoms with Gasteiger partial charge in [-0.05, 0) is 17.7 Å². The van der Waals surface area contributed by atoms with Gasteiger partial charge in [0.25, 0.3) is 0 Å². The summed E-state index contributed by atoms with van der Waals surface area (Å²) in [7, 11) is 1.37. The molecular formula is C14H20ClF3N2O. The smallest absolute Gasteiger partial charge is 0.240 e. The van der Waals surface area contributed by atoms with Crippen molar-refractivity contribution in [2.45, 2.75) is 18.9 Å². The van der Waals surface area contributed by atoms with Crippen molar-refractivity contribution in [3.63, 3.8) is 0 Å². The van der Waals surface area contributed by atoms with Gasteiger partial charge in [-0.25, -0.2) is 13.2 Å². The summed E-state index contributed by atoms with van der Waals surface area (Å²) in [6, 6.07) is 3.94. The number of benzene rings is 1. The third kappa shape index (κ3) is 4.76. The normalized spacial score (nSPS) is 17.4. The van der Waals surface area contributed by atoms with Crippen LogP contribution in [0.15, 0.2) is 18.2 Å². The van der Waals surface area contributed by atoms with Crippen molar-refractivity contribution in [1.82, 2.24) is 10.2 Å². The molecule has 1 atom stereocenters. The maximum absolute atomic E-state index is 13.4. The molecule has 1 heterocycles. The maximum Gasteiger partial charge on any atom is 0.240 e. The number of hydrogen-bond acceptors (Lipinski definition) is 3. The predicted molar refractivity (Wildman–Crippen MR) is 78.0 cm³/mol. The highest BCUT2D eigenvalue weighted by Crippen LogP contribution is 2.31. The minimum atomic E-state index is -2.40. The van der Waals surface area contributed by atoms with Gasteiger partial charge in [0.15, 0.2) is 11.6 Å². The first-order valence-corrected chi connectivity index (χ1v) is 6.68. The van der Waals surface area contributed by atoms with Gasteiger partial charge in [-0.15, -0.1) is 12.4 Å². The van der Waals surface area contributed by atoms with Crippen molar-refractivity contribution in [2.24, 2.45) is 0 Å². The topological polar surface area (TPSA) is 24.5 Å². The van der Waals surface area contributed by atoms with E-state index in [4.69, 9.17) is 4.74 Å². The van der Waals surface area contributed by atoms with Crippen molar-refractivity contribution >= 4 is 12.4 Å². The van der Waals surface area contributed by atoms with Crippen molar-refractivity contribution in [3.05, 3.63) is 29.6 Å². The molecule has 0 amide bonds. The summed E-state index contributed by atoms with van der Waals surface area (Å²) in [5.74, 6) is -0.385. The zero-order valence-electron chi connectivity index (χ0n) is 11.8. The molecule has 0 aromatic heterocycles. The molecule has 0 aliphatic carbocycles. The quantitative estimate of drug-likeness (QED) is 0.901. The lowest BCUT2D eigenvalue weighted by molar-refractivity contribution is 0.0738. The van der Waals surface area contributed by atoms with Gasteiger partial charge in [0.05, 0.1) is 7.11 Å². The van der Waals surface area contributed by atoms with E-state index in [1.54, 1.807) is 6.07 Å². The summed E-state index contributed by atoms with van der Waals surface area (Å²) in [5, 5.41) is 3.19. The van der Waals surface area contributed by atoms with E-state index in [-0.39, 0.29) is 24.6 Å². The number of rotatable bonds is 5. The van der Waals surface area contributed by atoms with Crippen LogP contribution in [0.2, 0.25) is 0 Å². The van der Waals surface area contributed by atoms with Crippen LogP contribution in [0, 0.1) is 5.82 Å². The molecule has 1 aromatic carbocycles. The summed E-state index contributed by atoms with van der Waals surface area (Å²) in [6.07, 6.45) is -2.65. The molecule has 1 saturated heterocycles. The van der Waals surface area contributed by atoms with E-state index in [0.717, 1.165) is 13.1 Å². The first-order valence-electron chi connectivity index (χ1n) is 6.68. The molecule has 0 radical (unpaired) electrons. The highest BCUT2D eigenvalue weighted by atomic mass is 35.5. The molecule has 0 saturated carbocycles. The molecule has 1 N–H and O–H groups in total. The standard InChI is InChI=1S/C14H19F3N2O.ClH/c1-20-13-8-10(2-3-11(13)15)12(9-14(16)17)19-6-4-18-5-7-19;/h2-3,8,12,14,18H,4-7,9H2,1H3;1H/t12-;/m1./s1. The molecule has 1 aromatic rings. The Morgan fingerprint density at radius 3 is 2.52 bits per heavy atom. The molecule has 3 nitrogen and oxygen atoms in total. The van der Waals surface area contributed by atoms with Gasteiger partial charge >= 0.3 is 0 Å². The van der Waals surface area contributed by atoms with Crippen LogP contribution < -0.4 is 10.1 Å². The zero-order valence-corrected chi connectivity index (χ0v) is 12.6. The second-order valence-corrected chi connectivity index (χ2v) is 4.82. The number of halogens is 4. The number of methoxy groups -OCH3 is 1. The Hall–Kier alpha value is -0.980. The van der Waals surface area contributed by atoms with Crippen LogP contribution in [0.5, 0.6) is 5.75 Å². The summed E-state index contributed by atoms with van der Waals surface area (Å²) in [4.78, 5) is 2.01. The van der Waals surface area contributed by atoms with Crippen molar-refractivity contribution in [3.8, 4) is 5.75 Å². The number of nitrogens with one attached hydrogen (secondary N) is 1. The van der Waals surface area contributed by atoms with Crippen LogP contribution in [-0.4, -0.2) is 44.6 Å². The van der Waals surface area contributed by atoms with Gasteiger partial charge < -0.3 is 10.1 Å². The Morgan fingerprint density at radius 2 is 1.95 bits per heavy atom. The SMILES string of the molecule is COc1cc([C@@H](CC(F)F)N2CCNCC2)ccc1F.Cl. The molecule has 1 aliphatic rings. The summed E-state index contributed by atoms with van der Waals surface area (Å²) < 4.78 is 44.1. The van der Waals surface area contributed by atoms with Crippen LogP contribution in [0.3, 0.4) is 0 Å². The summed E-state index contributed by atoms with van der Waals surface area (Å²) >= 11 is 0. The number of nitrogens with zero attached hydrogens (tertiary/aromatic N) is 1. The van der Waals surface area contributed by atoms with E-state index >= 15 is 0 Å². The molecule has 7 heteroatoms. The molecule has 2 rings (SSSR count). The number of alkyl halides is 2. The summed E-state index contributed by atoms with van der Waals surface area (Å²) in [6.45, 7) is 2.96. The van der Waals surface area contributed by atoms with E-state index in [0.29, 0.717) is 18.7 Å². The third-order valence-electron chi connectivity index (χ3n) is 3.55. The van der Waals surface area contributed by atoms with Crippen LogP contribution >= 0.6 is 12.4 Å². The fourth-order valence-electron chi connectivity index (χ4n) is 2.54. The van der Waals surface area contributed by atoms with E-state index in [9.17, 15) is 13.2 Å². The minimum Gasteiger partial charge on any atom is -0.494 e. The molecule has 120 valence electrons. The Kier molecular flexibility index (Phi) is 7.28. The zero-order chi connectivity index (χ0) is 14.5.